The molecule has 0 radical (unpaired) electrons. The standard InChI is InChI=1S/C9H11N3O2/c13-9(8-6-10-2-3-11-8)12-4-1-5-14-7-12/h2-3,6H,1,4-5,7H2. The van der Waals surface area contributed by atoms with E-state index < -0.39 is 0 Å². The molecule has 1 fully saturated rings. The lowest BCUT2D eigenvalue weighted by Crippen LogP contribution is -2.38. The molecule has 0 aliphatic carbocycles. The molecule has 0 unspecified atom stereocenters. The molecule has 5 nitrogen and oxygen atoms in total. The zero-order valence-electron chi connectivity index (χ0n) is 7.72. The highest BCUT2D eigenvalue weighted by molar-refractivity contribution is 5.91. The molecule has 0 N–H and O–H groups in total. The van der Waals surface area contributed by atoms with Crippen LogP contribution in [-0.2, 0) is 4.74 Å². The third kappa shape index (κ3) is 1.88. The van der Waals surface area contributed by atoms with Gasteiger partial charge in [-0.3, -0.25) is 9.78 Å². The van der Waals surface area contributed by atoms with Crippen LogP contribution in [0, 0.1) is 0 Å². The Bertz CT molecular complexity index is 309. The fourth-order valence-corrected chi connectivity index (χ4v) is 1.33. The summed E-state index contributed by atoms with van der Waals surface area (Å²) in [7, 11) is 0. The number of ether oxygens (including phenoxy) is 1. The first-order valence-corrected chi connectivity index (χ1v) is 4.51. The lowest BCUT2D eigenvalue weighted by atomic mass is 10.3. The van der Waals surface area contributed by atoms with E-state index in [1.54, 1.807) is 11.1 Å². The molecular formula is C9H11N3O2. The lowest BCUT2D eigenvalue weighted by molar-refractivity contribution is -0.00605. The summed E-state index contributed by atoms with van der Waals surface area (Å²) in [6.07, 6.45) is 5.41. The van der Waals surface area contributed by atoms with E-state index in [0.717, 1.165) is 19.6 Å². The third-order valence-electron chi connectivity index (χ3n) is 2.03. The Labute approximate surface area is 81.7 Å². The van der Waals surface area contributed by atoms with Crippen LogP contribution in [0.5, 0.6) is 0 Å². The van der Waals surface area contributed by atoms with Gasteiger partial charge in [-0.1, -0.05) is 0 Å². The third-order valence-corrected chi connectivity index (χ3v) is 2.03. The van der Waals surface area contributed by atoms with Crippen molar-refractivity contribution in [3.63, 3.8) is 0 Å². The maximum Gasteiger partial charge on any atom is 0.275 e. The second-order valence-corrected chi connectivity index (χ2v) is 3.05. The number of amides is 1. The van der Waals surface area contributed by atoms with Crippen molar-refractivity contribution < 1.29 is 9.53 Å². The molecule has 74 valence electrons. The molecule has 0 atom stereocenters. The molecule has 1 aliphatic heterocycles. The molecular weight excluding hydrogens is 182 g/mol. The molecule has 0 saturated carbocycles. The van der Waals surface area contributed by atoms with E-state index in [0.29, 0.717) is 12.4 Å². The molecule has 1 aromatic heterocycles. The van der Waals surface area contributed by atoms with Crippen LogP contribution in [0.3, 0.4) is 0 Å². The summed E-state index contributed by atoms with van der Waals surface area (Å²) in [5.74, 6) is -0.113. The highest BCUT2D eigenvalue weighted by atomic mass is 16.5. The second kappa shape index (κ2) is 4.15. The Morgan fingerprint density at radius 1 is 1.50 bits per heavy atom. The van der Waals surface area contributed by atoms with Crippen LogP contribution in [0.4, 0.5) is 0 Å². The average molecular weight is 193 g/mol. The Kier molecular flexibility index (Phi) is 2.69. The topological polar surface area (TPSA) is 55.3 Å². The van der Waals surface area contributed by atoms with Gasteiger partial charge in [0.1, 0.15) is 12.4 Å². The smallest absolute Gasteiger partial charge is 0.275 e. The molecule has 1 saturated heterocycles. The summed E-state index contributed by atoms with van der Waals surface area (Å²) in [5, 5.41) is 0. The van der Waals surface area contributed by atoms with Crippen LogP contribution < -0.4 is 0 Å². The molecule has 0 aromatic carbocycles. The van der Waals surface area contributed by atoms with Crippen molar-refractivity contribution in [1.82, 2.24) is 14.9 Å². The average Bonchev–Trinajstić information content (AvgIpc) is 2.30. The number of nitrogens with zero attached hydrogens (tertiary/aromatic N) is 3. The lowest BCUT2D eigenvalue weighted by Gasteiger charge is -2.26. The van der Waals surface area contributed by atoms with Crippen molar-refractivity contribution in [2.24, 2.45) is 0 Å². The minimum Gasteiger partial charge on any atom is -0.361 e. The highest BCUT2D eigenvalue weighted by Crippen LogP contribution is 2.05. The van der Waals surface area contributed by atoms with Gasteiger partial charge in [0.2, 0.25) is 0 Å². The monoisotopic (exact) mass is 193 g/mol. The molecule has 1 amide bonds. The van der Waals surface area contributed by atoms with E-state index in [-0.39, 0.29) is 5.91 Å². The summed E-state index contributed by atoms with van der Waals surface area (Å²) < 4.78 is 5.18. The number of hydrogen-bond donors (Lipinski definition) is 0. The van der Waals surface area contributed by atoms with E-state index in [9.17, 15) is 4.79 Å². The van der Waals surface area contributed by atoms with Gasteiger partial charge < -0.3 is 9.64 Å². The molecule has 0 spiro atoms. The number of hydrogen-bond acceptors (Lipinski definition) is 4. The van der Waals surface area contributed by atoms with Crippen LogP contribution in [0.25, 0.3) is 0 Å². The van der Waals surface area contributed by atoms with E-state index in [1.807, 2.05) is 0 Å². The zero-order valence-corrected chi connectivity index (χ0v) is 7.72. The summed E-state index contributed by atoms with van der Waals surface area (Å²) in [4.78, 5) is 21.2. The van der Waals surface area contributed by atoms with Crippen molar-refractivity contribution in [3.05, 3.63) is 24.3 Å². The summed E-state index contributed by atoms with van der Waals surface area (Å²) in [6, 6.07) is 0. The number of carbonyl (C=O) groups excluding carboxylic acids is 1. The van der Waals surface area contributed by atoms with E-state index >= 15 is 0 Å². The summed E-state index contributed by atoms with van der Waals surface area (Å²) in [5.41, 5.74) is 0.373. The van der Waals surface area contributed by atoms with Crippen LogP contribution in [0.1, 0.15) is 16.9 Å². The first kappa shape index (κ1) is 9.08. The SMILES string of the molecule is O=C(c1cnccn1)N1CCCOC1. The van der Waals surface area contributed by atoms with Gasteiger partial charge >= 0.3 is 0 Å². The zero-order chi connectivity index (χ0) is 9.80. The Hall–Kier alpha value is -1.49. The Morgan fingerprint density at radius 3 is 3.07 bits per heavy atom. The van der Waals surface area contributed by atoms with Gasteiger partial charge in [0, 0.05) is 18.9 Å². The van der Waals surface area contributed by atoms with Crippen molar-refractivity contribution in [2.75, 3.05) is 19.9 Å². The van der Waals surface area contributed by atoms with Crippen molar-refractivity contribution in [3.8, 4) is 0 Å². The van der Waals surface area contributed by atoms with E-state index in [1.165, 1.54) is 12.4 Å². The van der Waals surface area contributed by atoms with Gasteiger partial charge in [0.25, 0.3) is 5.91 Å². The van der Waals surface area contributed by atoms with Crippen molar-refractivity contribution >= 4 is 5.91 Å². The van der Waals surface area contributed by atoms with E-state index in [2.05, 4.69) is 9.97 Å². The fraction of sp³-hybridized carbons (Fsp3) is 0.444. The van der Waals surface area contributed by atoms with E-state index in [4.69, 9.17) is 4.74 Å². The number of rotatable bonds is 1. The quantitative estimate of drug-likeness (QED) is 0.643. The normalized spacial score (nSPS) is 16.7. The number of aromatic nitrogens is 2. The predicted molar refractivity (Wildman–Crippen MR) is 48.5 cm³/mol. The van der Waals surface area contributed by atoms with Crippen LogP contribution in [-0.4, -0.2) is 40.7 Å². The van der Waals surface area contributed by atoms with Gasteiger partial charge in [-0.15, -0.1) is 0 Å². The largest absolute Gasteiger partial charge is 0.361 e. The second-order valence-electron chi connectivity index (χ2n) is 3.05. The molecule has 2 heterocycles. The number of carbonyl (C=O) groups is 1. The molecule has 0 bridgehead atoms. The minimum absolute atomic E-state index is 0.113. The first-order valence-electron chi connectivity index (χ1n) is 4.51. The van der Waals surface area contributed by atoms with Gasteiger partial charge in [0.15, 0.2) is 0 Å². The molecule has 5 heteroatoms. The maximum absolute atomic E-state index is 11.7. The van der Waals surface area contributed by atoms with Crippen molar-refractivity contribution in [1.29, 1.82) is 0 Å². The Morgan fingerprint density at radius 2 is 2.43 bits per heavy atom. The first-order chi connectivity index (χ1) is 6.88. The van der Waals surface area contributed by atoms with Crippen LogP contribution in [0.15, 0.2) is 18.6 Å². The summed E-state index contributed by atoms with van der Waals surface area (Å²) >= 11 is 0. The highest BCUT2D eigenvalue weighted by Gasteiger charge is 2.19. The van der Waals surface area contributed by atoms with Gasteiger partial charge in [0.05, 0.1) is 12.8 Å². The molecule has 1 aromatic rings. The predicted octanol–water partition coefficient (Wildman–Crippen LogP) is 0.297. The minimum atomic E-state index is -0.113. The Balaban J connectivity index is 2.07. The van der Waals surface area contributed by atoms with Crippen LogP contribution >= 0.6 is 0 Å². The molecule has 14 heavy (non-hydrogen) atoms. The van der Waals surface area contributed by atoms with Crippen LogP contribution in [0.2, 0.25) is 0 Å². The fourth-order valence-electron chi connectivity index (χ4n) is 1.33. The summed E-state index contributed by atoms with van der Waals surface area (Å²) in [6.45, 7) is 1.81. The van der Waals surface area contributed by atoms with Gasteiger partial charge in [-0.25, -0.2) is 4.98 Å². The maximum atomic E-state index is 11.7. The molecule has 1 aliphatic rings. The van der Waals surface area contributed by atoms with Gasteiger partial charge in [-0.05, 0) is 6.42 Å². The van der Waals surface area contributed by atoms with Gasteiger partial charge in [-0.2, -0.15) is 0 Å². The van der Waals surface area contributed by atoms with Crippen molar-refractivity contribution in [2.45, 2.75) is 6.42 Å². The molecule has 2 rings (SSSR count).